The fraction of sp³-hybridized carbons (Fsp3) is 0.400. The SMILES string of the molecule is COc1ccc(CN2C3CC2CN(c2ccc(-c4cc(OCC(C)(C)OC)cn5nc6[nH]ncc6c45)cn2)C3)cn1. The molecule has 1 N–H and O–H groups in total. The quantitative estimate of drug-likeness (QED) is 0.290. The number of piperazine rings is 1. The number of aromatic nitrogens is 6. The van der Waals surface area contributed by atoms with Gasteiger partial charge in [-0.15, -0.1) is 5.10 Å². The molecule has 11 heteroatoms. The number of hydrogen-bond donors (Lipinski definition) is 1. The fourth-order valence-corrected chi connectivity index (χ4v) is 5.86. The Morgan fingerprint density at radius 2 is 1.88 bits per heavy atom. The van der Waals surface area contributed by atoms with Gasteiger partial charge < -0.3 is 19.1 Å². The van der Waals surface area contributed by atoms with Crippen molar-refractivity contribution in [3.05, 3.63) is 60.7 Å². The molecule has 8 rings (SSSR count). The number of ether oxygens (including phenoxy) is 3. The molecule has 5 aromatic rings. The standard InChI is InChI=1S/C30H34N8O3/c1-30(2,40-4)18-41-23-10-24(28-25-13-33-34-29(25)35-38(28)17-23)20-6-7-26(31-12-20)36-15-21-9-22(16-36)37(21)14-19-5-8-27(39-3)32-11-19/h5-8,10-13,17,21-22H,9,14-16,18H2,1-4H3,(H,34,35). The third kappa shape index (κ3) is 4.74. The summed E-state index contributed by atoms with van der Waals surface area (Å²) in [6.45, 7) is 7.25. The molecule has 3 saturated heterocycles. The largest absolute Gasteiger partial charge is 0.489 e. The van der Waals surface area contributed by atoms with Gasteiger partial charge in [0.15, 0.2) is 5.65 Å². The number of nitrogens with one attached hydrogen (secondary N) is 1. The first-order chi connectivity index (χ1) is 19.9. The van der Waals surface area contributed by atoms with E-state index in [4.69, 9.17) is 19.2 Å². The van der Waals surface area contributed by atoms with Gasteiger partial charge in [0.1, 0.15) is 18.2 Å². The van der Waals surface area contributed by atoms with Crippen LogP contribution in [0.1, 0.15) is 25.8 Å². The average molecular weight is 555 g/mol. The minimum Gasteiger partial charge on any atom is -0.489 e. The van der Waals surface area contributed by atoms with Crippen LogP contribution in [0.3, 0.4) is 0 Å². The van der Waals surface area contributed by atoms with E-state index in [1.54, 1.807) is 14.2 Å². The van der Waals surface area contributed by atoms with Crippen molar-refractivity contribution in [1.29, 1.82) is 0 Å². The number of hydrogen-bond acceptors (Lipinski definition) is 9. The Kier molecular flexibility index (Phi) is 6.28. The van der Waals surface area contributed by atoms with Crippen LogP contribution < -0.4 is 14.4 Å². The maximum absolute atomic E-state index is 6.15. The van der Waals surface area contributed by atoms with Crippen LogP contribution in [0.15, 0.2) is 55.1 Å². The summed E-state index contributed by atoms with van der Waals surface area (Å²) in [5.41, 5.74) is 4.48. The third-order valence-electron chi connectivity index (χ3n) is 8.34. The number of aromatic amines is 1. The molecule has 2 unspecified atom stereocenters. The average Bonchev–Trinajstić information content (AvgIpc) is 3.60. The normalized spacial score (nSPS) is 19.1. The van der Waals surface area contributed by atoms with Crippen molar-refractivity contribution >= 4 is 22.4 Å². The van der Waals surface area contributed by atoms with Crippen LogP contribution >= 0.6 is 0 Å². The summed E-state index contributed by atoms with van der Waals surface area (Å²) >= 11 is 0. The molecule has 8 heterocycles. The zero-order valence-corrected chi connectivity index (χ0v) is 23.7. The summed E-state index contributed by atoms with van der Waals surface area (Å²) in [7, 11) is 3.33. The van der Waals surface area contributed by atoms with Crippen LogP contribution in [0.2, 0.25) is 0 Å². The second kappa shape index (κ2) is 10.0. The van der Waals surface area contributed by atoms with E-state index in [0.717, 1.165) is 53.1 Å². The predicted octanol–water partition coefficient (Wildman–Crippen LogP) is 3.94. The van der Waals surface area contributed by atoms with Crippen LogP contribution in [0.5, 0.6) is 11.6 Å². The topological polar surface area (TPSA) is 106 Å². The molecular weight excluding hydrogens is 520 g/mol. The third-order valence-corrected chi connectivity index (χ3v) is 8.34. The highest BCUT2D eigenvalue weighted by Gasteiger charge is 2.44. The molecule has 5 aromatic heterocycles. The second-order valence-electron chi connectivity index (χ2n) is 11.5. The van der Waals surface area contributed by atoms with Crippen molar-refractivity contribution in [2.24, 2.45) is 0 Å². The molecule has 2 atom stereocenters. The Morgan fingerprint density at radius 3 is 2.59 bits per heavy atom. The molecule has 0 spiro atoms. The van der Waals surface area contributed by atoms with Gasteiger partial charge in [0.05, 0.1) is 36.0 Å². The molecule has 3 aliphatic heterocycles. The minimum absolute atomic E-state index is 0.408. The van der Waals surface area contributed by atoms with Gasteiger partial charge in [-0.05, 0) is 44.0 Å². The summed E-state index contributed by atoms with van der Waals surface area (Å²) in [6, 6.07) is 11.4. The first kappa shape index (κ1) is 25.7. The van der Waals surface area contributed by atoms with E-state index in [1.807, 2.05) is 55.3 Å². The molecule has 0 radical (unpaired) electrons. The van der Waals surface area contributed by atoms with E-state index >= 15 is 0 Å². The van der Waals surface area contributed by atoms with Gasteiger partial charge in [-0.1, -0.05) is 6.07 Å². The summed E-state index contributed by atoms with van der Waals surface area (Å²) in [6.07, 6.45) is 8.80. The van der Waals surface area contributed by atoms with Crippen molar-refractivity contribution in [3.63, 3.8) is 0 Å². The van der Waals surface area contributed by atoms with Crippen LogP contribution in [-0.4, -0.2) is 86.3 Å². The molecule has 11 nitrogen and oxygen atoms in total. The maximum atomic E-state index is 6.15. The molecule has 41 heavy (non-hydrogen) atoms. The van der Waals surface area contributed by atoms with E-state index in [9.17, 15) is 0 Å². The van der Waals surface area contributed by atoms with Gasteiger partial charge in [-0.3, -0.25) is 10.00 Å². The van der Waals surface area contributed by atoms with Gasteiger partial charge in [0, 0.05) is 68.4 Å². The van der Waals surface area contributed by atoms with Crippen molar-refractivity contribution < 1.29 is 14.2 Å². The number of H-pyrrole nitrogens is 1. The number of nitrogens with zero attached hydrogens (tertiary/aromatic N) is 7. The van der Waals surface area contributed by atoms with Gasteiger partial charge in [0.25, 0.3) is 0 Å². The summed E-state index contributed by atoms with van der Waals surface area (Å²) in [4.78, 5) is 14.3. The van der Waals surface area contributed by atoms with Gasteiger partial charge >= 0.3 is 0 Å². The molecule has 0 aromatic carbocycles. The maximum Gasteiger partial charge on any atom is 0.212 e. The van der Waals surface area contributed by atoms with E-state index in [-0.39, 0.29) is 0 Å². The highest BCUT2D eigenvalue weighted by atomic mass is 16.5. The number of methoxy groups -OCH3 is 2. The zero-order valence-electron chi connectivity index (χ0n) is 23.7. The molecule has 0 amide bonds. The number of rotatable bonds is 9. The van der Waals surface area contributed by atoms with E-state index in [2.05, 4.69) is 48.3 Å². The van der Waals surface area contributed by atoms with Crippen molar-refractivity contribution in [2.45, 2.75) is 44.5 Å². The van der Waals surface area contributed by atoms with Crippen molar-refractivity contribution in [3.8, 4) is 22.8 Å². The lowest BCUT2D eigenvalue weighted by atomic mass is 9.87. The molecule has 3 fully saturated rings. The van der Waals surface area contributed by atoms with Crippen molar-refractivity contribution in [2.75, 3.05) is 38.8 Å². The van der Waals surface area contributed by atoms with Crippen LogP contribution in [0.4, 0.5) is 5.82 Å². The number of pyridine rings is 3. The minimum atomic E-state index is -0.408. The van der Waals surface area contributed by atoms with E-state index < -0.39 is 5.60 Å². The molecule has 0 aliphatic carbocycles. The Balaban J connectivity index is 1.11. The van der Waals surface area contributed by atoms with Crippen LogP contribution in [0, 0.1) is 0 Å². The molecule has 3 aliphatic rings. The lowest BCUT2D eigenvalue weighted by molar-refractivity contribution is -0.0147. The Labute approximate surface area is 238 Å². The Bertz CT molecular complexity index is 1670. The molecular formula is C30H34N8O3. The fourth-order valence-electron chi connectivity index (χ4n) is 5.86. The lowest BCUT2D eigenvalue weighted by Gasteiger charge is -2.56. The zero-order chi connectivity index (χ0) is 28.1. The monoisotopic (exact) mass is 554 g/mol. The van der Waals surface area contributed by atoms with Gasteiger partial charge in [-0.2, -0.15) is 5.10 Å². The highest BCUT2D eigenvalue weighted by Crippen LogP contribution is 2.37. The van der Waals surface area contributed by atoms with E-state index in [1.165, 1.54) is 12.0 Å². The summed E-state index contributed by atoms with van der Waals surface area (Å²) < 4.78 is 18.7. The van der Waals surface area contributed by atoms with Crippen LogP contribution in [-0.2, 0) is 11.3 Å². The Morgan fingerprint density at radius 1 is 1.02 bits per heavy atom. The highest BCUT2D eigenvalue weighted by molar-refractivity contribution is 6.00. The first-order valence-electron chi connectivity index (χ1n) is 13.9. The second-order valence-corrected chi connectivity index (χ2v) is 11.5. The molecule has 0 saturated carbocycles. The van der Waals surface area contributed by atoms with Gasteiger partial charge in [-0.25, -0.2) is 14.5 Å². The number of fused-ring (bicyclic) bond motifs is 5. The first-order valence-corrected chi connectivity index (χ1v) is 13.9. The van der Waals surface area contributed by atoms with E-state index in [0.29, 0.717) is 30.3 Å². The summed E-state index contributed by atoms with van der Waals surface area (Å²) in [5.74, 6) is 2.36. The number of piperidine rings is 1. The molecule has 212 valence electrons. The Hall–Kier alpha value is -4.22. The van der Waals surface area contributed by atoms with Crippen molar-refractivity contribution in [1.82, 2.24) is 34.7 Å². The number of anilines is 1. The van der Waals surface area contributed by atoms with Gasteiger partial charge in [0.2, 0.25) is 5.88 Å². The molecule has 2 bridgehead atoms. The van der Waals surface area contributed by atoms with Crippen LogP contribution in [0.25, 0.3) is 27.7 Å². The summed E-state index contributed by atoms with van der Waals surface area (Å²) in [5, 5.41) is 12.8. The predicted molar refractivity (Wildman–Crippen MR) is 155 cm³/mol. The lowest BCUT2D eigenvalue weighted by Crippen LogP contribution is -2.68. The smallest absolute Gasteiger partial charge is 0.212 e.